The second kappa shape index (κ2) is 6.57. The van der Waals surface area contributed by atoms with E-state index in [-0.39, 0.29) is 5.88 Å². The van der Waals surface area contributed by atoms with Gasteiger partial charge in [-0.15, -0.1) is 0 Å². The number of rotatable bonds is 5. The number of benzene rings is 2. The van der Waals surface area contributed by atoms with E-state index in [9.17, 15) is 5.11 Å². The molecule has 3 rings (SSSR count). The molecule has 4 nitrogen and oxygen atoms in total. The Labute approximate surface area is 136 Å². The monoisotopic (exact) mass is 307 g/mol. The molecule has 0 spiro atoms. The number of anilines is 1. The van der Waals surface area contributed by atoms with Crippen LogP contribution in [0.25, 0.3) is 10.9 Å². The zero-order valence-corrected chi connectivity index (χ0v) is 13.5. The maximum Gasteiger partial charge on any atom is 0.198 e. The minimum absolute atomic E-state index is 0.148. The molecule has 0 unspecified atom stereocenters. The van der Waals surface area contributed by atoms with Crippen molar-refractivity contribution in [3.8, 4) is 5.88 Å². The Hall–Kier alpha value is -2.75. The molecule has 2 N–H and O–H groups in total. The average Bonchev–Trinajstić information content (AvgIpc) is 2.90. The van der Waals surface area contributed by atoms with Crippen molar-refractivity contribution < 1.29 is 5.11 Å². The van der Waals surface area contributed by atoms with E-state index in [1.54, 1.807) is 6.21 Å². The Morgan fingerprint density at radius 3 is 2.43 bits per heavy atom. The number of aromatic amines is 1. The number of nitrogens with one attached hydrogen (secondary N) is 1. The van der Waals surface area contributed by atoms with Gasteiger partial charge in [0.05, 0.1) is 11.3 Å². The Kier molecular flexibility index (Phi) is 4.33. The molecule has 118 valence electrons. The van der Waals surface area contributed by atoms with E-state index in [0.29, 0.717) is 5.56 Å². The number of aromatic nitrogens is 1. The summed E-state index contributed by atoms with van der Waals surface area (Å²) >= 11 is 0. The van der Waals surface area contributed by atoms with E-state index in [4.69, 9.17) is 0 Å². The predicted octanol–water partition coefficient (Wildman–Crippen LogP) is 4.47. The molecule has 1 heterocycles. The number of hydrogen-bond acceptors (Lipinski definition) is 3. The summed E-state index contributed by atoms with van der Waals surface area (Å²) in [5, 5.41) is 11.0. The summed E-state index contributed by atoms with van der Waals surface area (Å²) in [5.74, 6) is 0.148. The number of para-hydroxylation sites is 1. The molecule has 4 heteroatoms. The summed E-state index contributed by atoms with van der Waals surface area (Å²) in [4.78, 5) is 9.74. The number of nitrogens with zero attached hydrogens (tertiary/aromatic N) is 2. The van der Waals surface area contributed by atoms with Crippen LogP contribution in [0.1, 0.15) is 19.4 Å². The lowest BCUT2D eigenvalue weighted by Crippen LogP contribution is -2.21. The first kappa shape index (κ1) is 15.2. The molecule has 2 aromatic carbocycles. The molecule has 1 aromatic heterocycles. The van der Waals surface area contributed by atoms with Crippen LogP contribution in [0.2, 0.25) is 0 Å². The maximum absolute atomic E-state index is 10.0. The van der Waals surface area contributed by atoms with E-state index in [0.717, 1.165) is 29.7 Å². The van der Waals surface area contributed by atoms with Crippen molar-refractivity contribution in [3.05, 3.63) is 54.1 Å². The highest BCUT2D eigenvalue weighted by Crippen LogP contribution is 2.26. The molecule has 0 saturated carbocycles. The lowest BCUT2D eigenvalue weighted by Gasteiger charge is -2.20. The van der Waals surface area contributed by atoms with E-state index in [1.807, 2.05) is 36.4 Å². The van der Waals surface area contributed by atoms with Crippen molar-refractivity contribution in [1.82, 2.24) is 4.98 Å². The van der Waals surface area contributed by atoms with Crippen LogP contribution in [0.15, 0.2) is 53.5 Å². The van der Waals surface area contributed by atoms with Crippen LogP contribution in [0.4, 0.5) is 11.4 Å². The van der Waals surface area contributed by atoms with Crippen LogP contribution in [-0.2, 0) is 0 Å². The summed E-state index contributed by atoms with van der Waals surface area (Å²) in [7, 11) is 0. The highest BCUT2D eigenvalue weighted by atomic mass is 16.3. The minimum Gasteiger partial charge on any atom is -0.494 e. The molecule has 0 aliphatic carbocycles. The highest BCUT2D eigenvalue weighted by Gasteiger charge is 2.07. The Morgan fingerprint density at radius 1 is 1.04 bits per heavy atom. The number of fused-ring (bicyclic) bond motifs is 1. The largest absolute Gasteiger partial charge is 0.494 e. The molecule has 23 heavy (non-hydrogen) atoms. The van der Waals surface area contributed by atoms with Crippen molar-refractivity contribution >= 4 is 28.5 Å². The molecule has 0 bridgehead atoms. The average molecular weight is 307 g/mol. The zero-order valence-electron chi connectivity index (χ0n) is 13.5. The van der Waals surface area contributed by atoms with Crippen molar-refractivity contribution in [2.75, 3.05) is 18.0 Å². The molecule has 0 amide bonds. The Morgan fingerprint density at radius 2 is 1.74 bits per heavy atom. The molecule has 0 radical (unpaired) electrons. The first-order chi connectivity index (χ1) is 11.2. The SMILES string of the molecule is CCN(CC)c1ccc(N=Cc2c(O)[nH]c3ccccc23)cc1. The molecule has 0 aliphatic heterocycles. The minimum atomic E-state index is 0.148. The van der Waals surface area contributed by atoms with Gasteiger partial charge in [-0.2, -0.15) is 0 Å². The predicted molar refractivity (Wildman–Crippen MR) is 97.2 cm³/mol. The van der Waals surface area contributed by atoms with Gasteiger partial charge in [0.1, 0.15) is 0 Å². The van der Waals surface area contributed by atoms with E-state index < -0.39 is 0 Å². The number of aliphatic imine (C=N–C) groups is 1. The van der Waals surface area contributed by atoms with E-state index in [2.05, 4.69) is 40.9 Å². The van der Waals surface area contributed by atoms with Crippen LogP contribution < -0.4 is 4.90 Å². The van der Waals surface area contributed by atoms with Crippen LogP contribution in [0.3, 0.4) is 0 Å². The quantitative estimate of drug-likeness (QED) is 0.683. The number of aromatic hydroxyl groups is 1. The van der Waals surface area contributed by atoms with E-state index >= 15 is 0 Å². The Bertz CT molecular complexity index is 814. The summed E-state index contributed by atoms with van der Waals surface area (Å²) in [5.41, 5.74) is 3.69. The molecule has 0 atom stereocenters. The molecule has 0 aliphatic rings. The second-order valence-electron chi connectivity index (χ2n) is 5.38. The first-order valence-electron chi connectivity index (χ1n) is 7.91. The first-order valence-corrected chi connectivity index (χ1v) is 7.91. The molecule has 0 saturated heterocycles. The number of hydrogen-bond donors (Lipinski definition) is 2. The molecular weight excluding hydrogens is 286 g/mol. The van der Waals surface area contributed by atoms with Gasteiger partial charge in [-0.1, -0.05) is 18.2 Å². The van der Waals surface area contributed by atoms with Gasteiger partial charge in [-0.05, 0) is 44.2 Å². The van der Waals surface area contributed by atoms with Crippen LogP contribution in [0.5, 0.6) is 5.88 Å². The Balaban J connectivity index is 1.86. The van der Waals surface area contributed by atoms with Gasteiger partial charge >= 0.3 is 0 Å². The fourth-order valence-corrected chi connectivity index (χ4v) is 2.76. The molecule has 0 fully saturated rings. The zero-order chi connectivity index (χ0) is 16.2. The van der Waals surface area contributed by atoms with E-state index in [1.165, 1.54) is 5.69 Å². The number of H-pyrrole nitrogens is 1. The van der Waals surface area contributed by atoms with Gasteiger partial charge in [0.15, 0.2) is 5.88 Å². The maximum atomic E-state index is 10.0. The molecular formula is C19H21N3O. The normalized spacial score (nSPS) is 11.4. The van der Waals surface area contributed by atoms with Crippen molar-refractivity contribution in [3.63, 3.8) is 0 Å². The summed E-state index contributed by atoms with van der Waals surface area (Å²) in [6, 6.07) is 15.9. The third-order valence-corrected chi connectivity index (χ3v) is 4.05. The second-order valence-corrected chi connectivity index (χ2v) is 5.38. The molecule has 3 aromatic rings. The fraction of sp³-hybridized carbons (Fsp3) is 0.211. The van der Waals surface area contributed by atoms with Crippen LogP contribution in [-0.4, -0.2) is 29.4 Å². The summed E-state index contributed by atoms with van der Waals surface area (Å²) in [6.07, 6.45) is 1.71. The topological polar surface area (TPSA) is 51.6 Å². The summed E-state index contributed by atoms with van der Waals surface area (Å²) < 4.78 is 0. The fourth-order valence-electron chi connectivity index (χ4n) is 2.76. The van der Waals surface area contributed by atoms with Crippen LogP contribution in [0, 0.1) is 0 Å². The lowest BCUT2D eigenvalue weighted by atomic mass is 10.2. The van der Waals surface area contributed by atoms with Gasteiger partial charge in [0.2, 0.25) is 0 Å². The standard InChI is InChI=1S/C19H21N3O/c1-3-22(4-2)15-11-9-14(10-12-15)20-13-17-16-7-5-6-8-18(16)21-19(17)23/h5-13,21,23H,3-4H2,1-2H3. The van der Waals surface area contributed by atoms with Gasteiger partial charge in [0.25, 0.3) is 0 Å². The van der Waals surface area contributed by atoms with Gasteiger partial charge in [0, 0.05) is 35.9 Å². The van der Waals surface area contributed by atoms with Crippen molar-refractivity contribution in [2.24, 2.45) is 4.99 Å². The van der Waals surface area contributed by atoms with Crippen molar-refractivity contribution in [2.45, 2.75) is 13.8 Å². The third-order valence-electron chi connectivity index (χ3n) is 4.05. The highest BCUT2D eigenvalue weighted by molar-refractivity contribution is 6.02. The van der Waals surface area contributed by atoms with Crippen molar-refractivity contribution in [1.29, 1.82) is 0 Å². The van der Waals surface area contributed by atoms with Crippen LogP contribution >= 0.6 is 0 Å². The summed E-state index contributed by atoms with van der Waals surface area (Å²) in [6.45, 7) is 6.27. The lowest BCUT2D eigenvalue weighted by molar-refractivity contribution is 0.457. The van der Waals surface area contributed by atoms with Gasteiger partial charge < -0.3 is 15.0 Å². The van der Waals surface area contributed by atoms with Gasteiger partial charge in [-0.25, -0.2) is 0 Å². The third kappa shape index (κ3) is 3.06. The smallest absolute Gasteiger partial charge is 0.198 e. The van der Waals surface area contributed by atoms with Gasteiger partial charge in [-0.3, -0.25) is 4.99 Å².